The van der Waals surface area contributed by atoms with Gasteiger partial charge in [0, 0.05) is 20.1 Å². The number of aliphatic imine (C=N–C) groups is 1. The summed E-state index contributed by atoms with van der Waals surface area (Å²) in [6.07, 6.45) is -0.763. The third-order valence-corrected chi connectivity index (χ3v) is 4.03. The number of rotatable bonds is 6. The molecule has 0 aliphatic carbocycles. The van der Waals surface area contributed by atoms with E-state index in [1.807, 2.05) is 31.0 Å². The first-order valence-corrected chi connectivity index (χ1v) is 8.48. The summed E-state index contributed by atoms with van der Waals surface area (Å²) in [4.78, 5) is 6.56. The molecule has 2 N–H and O–H groups in total. The van der Waals surface area contributed by atoms with Crippen molar-refractivity contribution in [3.05, 3.63) is 71.0 Å². The van der Waals surface area contributed by atoms with Crippen LogP contribution in [0.25, 0.3) is 0 Å². The molecule has 0 saturated carbocycles. The van der Waals surface area contributed by atoms with Gasteiger partial charge in [0.1, 0.15) is 5.82 Å². The van der Waals surface area contributed by atoms with Crippen molar-refractivity contribution in [2.75, 3.05) is 20.1 Å². The van der Waals surface area contributed by atoms with Gasteiger partial charge < -0.3 is 15.3 Å². The molecule has 0 bridgehead atoms. The zero-order valence-electron chi connectivity index (χ0n) is 15.0. The highest BCUT2D eigenvalue weighted by Crippen LogP contribution is 2.14. The number of halogens is 1. The van der Waals surface area contributed by atoms with Gasteiger partial charge in [-0.05, 0) is 42.7 Å². The first kappa shape index (κ1) is 18.9. The highest BCUT2D eigenvalue weighted by atomic mass is 19.1. The van der Waals surface area contributed by atoms with Crippen molar-refractivity contribution >= 4 is 5.96 Å². The average molecular weight is 343 g/mol. The Kier molecular flexibility index (Phi) is 6.95. The largest absolute Gasteiger partial charge is 0.386 e. The molecular weight excluding hydrogens is 317 g/mol. The molecule has 2 aromatic carbocycles. The van der Waals surface area contributed by atoms with Crippen molar-refractivity contribution < 1.29 is 9.50 Å². The summed E-state index contributed by atoms with van der Waals surface area (Å²) in [6.45, 7) is 5.78. The van der Waals surface area contributed by atoms with Crippen LogP contribution in [-0.2, 0) is 6.54 Å². The fourth-order valence-electron chi connectivity index (χ4n) is 2.55. The maximum atomic E-state index is 13.0. The van der Waals surface area contributed by atoms with Crippen LogP contribution in [0.4, 0.5) is 4.39 Å². The normalized spacial score (nSPS) is 12.8. The van der Waals surface area contributed by atoms with E-state index in [0.29, 0.717) is 5.56 Å². The molecule has 2 aromatic rings. The Labute approximate surface area is 149 Å². The Balaban J connectivity index is 2.06. The van der Waals surface area contributed by atoms with Gasteiger partial charge in [-0.1, -0.05) is 36.4 Å². The van der Waals surface area contributed by atoms with Crippen LogP contribution in [0.2, 0.25) is 0 Å². The number of benzene rings is 2. The molecule has 5 heteroatoms. The van der Waals surface area contributed by atoms with Crippen LogP contribution in [0.15, 0.2) is 53.5 Å². The van der Waals surface area contributed by atoms with E-state index < -0.39 is 6.10 Å². The predicted octanol–water partition coefficient (Wildman–Crippen LogP) is 3.27. The lowest BCUT2D eigenvalue weighted by Gasteiger charge is -2.23. The van der Waals surface area contributed by atoms with Crippen molar-refractivity contribution in [1.82, 2.24) is 10.2 Å². The van der Waals surface area contributed by atoms with Crippen molar-refractivity contribution in [3.63, 3.8) is 0 Å². The van der Waals surface area contributed by atoms with Gasteiger partial charge in [-0.25, -0.2) is 4.39 Å². The Morgan fingerprint density at radius 1 is 1.20 bits per heavy atom. The number of hydrogen-bond acceptors (Lipinski definition) is 2. The quantitative estimate of drug-likeness (QED) is 0.625. The molecular formula is C20H26FN3O. The third-order valence-electron chi connectivity index (χ3n) is 4.03. The fourth-order valence-corrected chi connectivity index (χ4v) is 2.55. The third kappa shape index (κ3) is 5.57. The second-order valence-corrected chi connectivity index (χ2v) is 6.04. The number of guanidine groups is 1. The van der Waals surface area contributed by atoms with E-state index in [-0.39, 0.29) is 12.4 Å². The van der Waals surface area contributed by atoms with Gasteiger partial charge in [0.25, 0.3) is 0 Å². The summed E-state index contributed by atoms with van der Waals surface area (Å²) in [5.74, 6) is 0.415. The van der Waals surface area contributed by atoms with E-state index >= 15 is 0 Å². The molecule has 2 rings (SSSR count). The number of aliphatic hydroxyl groups excluding tert-OH is 1. The van der Waals surface area contributed by atoms with Crippen LogP contribution >= 0.6 is 0 Å². The van der Waals surface area contributed by atoms with Crippen LogP contribution in [0.1, 0.15) is 29.7 Å². The summed E-state index contributed by atoms with van der Waals surface area (Å²) >= 11 is 0. The molecule has 0 saturated heterocycles. The minimum atomic E-state index is -0.763. The Morgan fingerprint density at radius 3 is 2.52 bits per heavy atom. The molecule has 25 heavy (non-hydrogen) atoms. The first-order valence-electron chi connectivity index (χ1n) is 8.48. The number of aryl methyl sites for hydroxylation is 1. The molecule has 4 nitrogen and oxygen atoms in total. The van der Waals surface area contributed by atoms with Crippen molar-refractivity contribution in [1.29, 1.82) is 0 Å². The minimum absolute atomic E-state index is 0.214. The number of nitrogens with one attached hydrogen (secondary N) is 1. The SMILES string of the molecule is CCNC(=NCC(O)c1ccc(F)cc1)N(C)Cc1ccccc1C. The zero-order valence-corrected chi connectivity index (χ0v) is 15.0. The Hall–Kier alpha value is -2.40. The van der Waals surface area contributed by atoms with E-state index in [1.54, 1.807) is 12.1 Å². The van der Waals surface area contributed by atoms with Crippen molar-refractivity contribution in [2.45, 2.75) is 26.5 Å². The minimum Gasteiger partial charge on any atom is -0.386 e. The molecule has 0 aliphatic heterocycles. The molecule has 1 atom stereocenters. The first-order chi connectivity index (χ1) is 12.0. The van der Waals surface area contributed by atoms with Gasteiger partial charge in [0.05, 0.1) is 12.6 Å². The summed E-state index contributed by atoms with van der Waals surface area (Å²) < 4.78 is 13.0. The van der Waals surface area contributed by atoms with Crippen molar-refractivity contribution in [2.24, 2.45) is 4.99 Å². The number of hydrogen-bond donors (Lipinski definition) is 2. The van der Waals surface area contributed by atoms with Gasteiger partial charge in [-0.2, -0.15) is 0 Å². The second kappa shape index (κ2) is 9.18. The lowest BCUT2D eigenvalue weighted by Crippen LogP contribution is -2.38. The average Bonchev–Trinajstić information content (AvgIpc) is 2.60. The van der Waals surface area contributed by atoms with E-state index in [0.717, 1.165) is 19.0 Å². The number of nitrogens with zero attached hydrogens (tertiary/aromatic N) is 2. The molecule has 1 unspecified atom stereocenters. The Bertz CT molecular complexity index is 700. The summed E-state index contributed by atoms with van der Waals surface area (Å²) in [5, 5.41) is 13.5. The van der Waals surface area contributed by atoms with E-state index in [2.05, 4.69) is 29.4 Å². The molecule has 0 fully saturated rings. The van der Waals surface area contributed by atoms with Crippen LogP contribution < -0.4 is 5.32 Å². The maximum absolute atomic E-state index is 13.0. The topological polar surface area (TPSA) is 47.9 Å². The van der Waals surface area contributed by atoms with E-state index in [4.69, 9.17) is 0 Å². The molecule has 0 radical (unpaired) electrons. The van der Waals surface area contributed by atoms with E-state index in [9.17, 15) is 9.50 Å². The molecule has 0 aliphatic rings. The highest BCUT2D eigenvalue weighted by molar-refractivity contribution is 5.79. The zero-order chi connectivity index (χ0) is 18.2. The standard InChI is InChI=1S/C20H26FN3O/c1-4-22-20(24(3)14-17-8-6-5-7-15(17)2)23-13-19(25)16-9-11-18(21)12-10-16/h5-12,19,25H,4,13-14H2,1-3H3,(H,22,23). The lowest BCUT2D eigenvalue weighted by molar-refractivity contribution is 0.186. The van der Waals surface area contributed by atoms with Gasteiger partial charge >= 0.3 is 0 Å². The van der Waals surface area contributed by atoms with Crippen LogP contribution in [-0.4, -0.2) is 36.1 Å². The second-order valence-electron chi connectivity index (χ2n) is 6.04. The van der Waals surface area contributed by atoms with Crippen molar-refractivity contribution in [3.8, 4) is 0 Å². The lowest BCUT2D eigenvalue weighted by atomic mass is 10.1. The van der Waals surface area contributed by atoms with Gasteiger partial charge in [0.15, 0.2) is 5.96 Å². The predicted molar refractivity (Wildman–Crippen MR) is 100.0 cm³/mol. The van der Waals surface area contributed by atoms with Crippen LogP contribution in [0.3, 0.4) is 0 Å². The maximum Gasteiger partial charge on any atom is 0.194 e. The Morgan fingerprint density at radius 2 is 1.88 bits per heavy atom. The number of aliphatic hydroxyl groups is 1. The van der Waals surface area contributed by atoms with Gasteiger partial charge in [-0.3, -0.25) is 4.99 Å². The fraction of sp³-hybridized carbons (Fsp3) is 0.350. The molecule has 0 heterocycles. The summed E-state index contributed by atoms with van der Waals surface area (Å²) in [6, 6.07) is 14.1. The highest BCUT2D eigenvalue weighted by Gasteiger charge is 2.11. The van der Waals surface area contributed by atoms with Crippen LogP contribution in [0.5, 0.6) is 0 Å². The molecule has 134 valence electrons. The smallest absolute Gasteiger partial charge is 0.194 e. The summed E-state index contributed by atoms with van der Waals surface area (Å²) in [5.41, 5.74) is 3.12. The van der Waals surface area contributed by atoms with E-state index in [1.165, 1.54) is 23.3 Å². The van der Waals surface area contributed by atoms with Gasteiger partial charge in [0.2, 0.25) is 0 Å². The molecule has 0 amide bonds. The molecule has 0 spiro atoms. The molecule has 0 aromatic heterocycles. The van der Waals surface area contributed by atoms with Gasteiger partial charge in [-0.15, -0.1) is 0 Å². The monoisotopic (exact) mass is 343 g/mol. The summed E-state index contributed by atoms with van der Waals surface area (Å²) in [7, 11) is 1.97. The van der Waals surface area contributed by atoms with Crippen LogP contribution in [0, 0.1) is 12.7 Å².